The van der Waals surface area contributed by atoms with Gasteiger partial charge in [-0.2, -0.15) is 0 Å². The van der Waals surface area contributed by atoms with Gasteiger partial charge in [0.1, 0.15) is 23.0 Å². The van der Waals surface area contributed by atoms with Crippen LogP contribution in [0.4, 0.5) is 0 Å². The van der Waals surface area contributed by atoms with Crippen molar-refractivity contribution < 1.29 is 19.7 Å². The second-order valence-corrected chi connectivity index (χ2v) is 10.4. The van der Waals surface area contributed by atoms with Crippen LogP contribution in [-0.4, -0.2) is 24.4 Å². The molecule has 2 aliphatic rings. The van der Waals surface area contributed by atoms with E-state index >= 15 is 0 Å². The summed E-state index contributed by atoms with van der Waals surface area (Å²) >= 11 is 0. The van der Waals surface area contributed by atoms with Gasteiger partial charge in [0.2, 0.25) is 0 Å². The van der Waals surface area contributed by atoms with E-state index in [2.05, 4.69) is 12.1 Å². The predicted molar refractivity (Wildman–Crippen MR) is 152 cm³/mol. The number of methoxy groups -OCH3 is 2. The Balaban J connectivity index is 1.63. The van der Waals surface area contributed by atoms with Crippen molar-refractivity contribution >= 4 is 0 Å². The summed E-state index contributed by atoms with van der Waals surface area (Å²) in [7, 11) is 3.32. The van der Waals surface area contributed by atoms with E-state index < -0.39 is 0 Å². The van der Waals surface area contributed by atoms with Gasteiger partial charge < -0.3 is 19.7 Å². The highest BCUT2D eigenvalue weighted by Crippen LogP contribution is 2.52. The fourth-order valence-corrected chi connectivity index (χ4v) is 6.31. The van der Waals surface area contributed by atoms with E-state index in [0.29, 0.717) is 0 Å². The van der Waals surface area contributed by atoms with Crippen LogP contribution in [0.1, 0.15) is 47.9 Å². The van der Waals surface area contributed by atoms with Crippen molar-refractivity contribution in [2.45, 2.75) is 51.4 Å². The Morgan fingerprint density at radius 2 is 0.895 bits per heavy atom. The molecule has 0 saturated heterocycles. The van der Waals surface area contributed by atoms with Crippen LogP contribution in [-0.2, 0) is 25.7 Å². The molecule has 2 N–H and O–H groups in total. The molecule has 0 spiro atoms. The normalized spacial score (nSPS) is 14.5. The van der Waals surface area contributed by atoms with E-state index in [-0.39, 0.29) is 11.5 Å². The molecule has 0 fully saturated rings. The Morgan fingerprint density at radius 1 is 0.526 bits per heavy atom. The van der Waals surface area contributed by atoms with Gasteiger partial charge in [-0.15, -0.1) is 0 Å². The fourth-order valence-electron chi connectivity index (χ4n) is 6.31. The zero-order valence-corrected chi connectivity index (χ0v) is 22.1. The van der Waals surface area contributed by atoms with Crippen LogP contribution in [0.2, 0.25) is 0 Å². The van der Waals surface area contributed by atoms with Gasteiger partial charge in [-0.1, -0.05) is 24.3 Å². The first-order valence-corrected chi connectivity index (χ1v) is 13.6. The maximum Gasteiger partial charge on any atom is 0.131 e. The van der Waals surface area contributed by atoms with E-state index in [9.17, 15) is 10.2 Å². The molecule has 0 aliphatic heterocycles. The van der Waals surface area contributed by atoms with Crippen LogP contribution in [0.5, 0.6) is 23.0 Å². The second-order valence-electron chi connectivity index (χ2n) is 10.4. The van der Waals surface area contributed by atoms with Gasteiger partial charge in [0.25, 0.3) is 0 Å². The lowest BCUT2D eigenvalue weighted by Crippen LogP contribution is -2.10. The highest BCUT2D eigenvalue weighted by Gasteiger charge is 2.29. The average Bonchev–Trinajstić information content (AvgIpc) is 2.97. The Bertz CT molecular complexity index is 1370. The van der Waals surface area contributed by atoms with E-state index in [0.717, 1.165) is 96.2 Å². The Kier molecular flexibility index (Phi) is 6.49. The Hall–Kier alpha value is -3.92. The van der Waals surface area contributed by atoms with Crippen LogP contribution in [0, 0.1) is 0 Å². The third kappa shape index (κ3) is 4.18. The standard InChI is InChI=1S/C34H34O4/c1-37-25-15-11-21(12-16-25)29-19-23-7-3-5-9-27(23)31(33(29)35)32-28-10-6-4-8-24(28)20-30(34(32)36)22-13-17-26(38-2)18-14-22/h11-20,35-36H,3-10H2,1-2H3. The van der Waals surface area contributed by atoms with Crippen LogP contribution in [0.25, 0.3) is 33.4 Å². The van der Waals surface area contributed by atoms with Crippen molar-refractivity contribution in [3.63, 3.8) is 0 Å². The SMILES string of the molecule is COc1ccc(-c2cc3c(c(-c4c(O)c(-c5ccc(OC)cc5)cc5c4CCCC5)c2O)CCCC3)cc1. The monoisotopic (exact) mass is 506 g/mol. The van der Waals surface area contributed by atoms with Crippen LogP contribution in [0.3, 0.4) is 0 Å². The summed E-state index contributed by atoms with van der Waals surface area (Å²) in [4.78, 5) is 0. The molecule has 2 aliphatic carbocycles. The lowest BCUT2D eigenvalue weighted by molar-refractivity contribution is 0.414. The molecule has 0 saturated carbocycles. The first-order valence-electron chi connectivity index (χ1n) is 13.6. The van der Waals surface area contributed by atoms with Gasteiger partial charge >= 0.3 is 0 Å². The number of phenols is 2. The van der Waals surface area contributed by atoms with E-state index in [4.69, 9.17) is 9.47 Å². The predicted octanol–water partition coefficient (Wildman–Crippen LogP) is 7.87. The number of rotatable bonds is 5. The van der Waals surface area contributed by atoms with Crippen molar-refractivity contribution in [3.05, 3.63) is 82.9 Å². The summed E-state index contributed by atoms with van der Waals surface area (Å²) in [5.74, 6) is 2.08. The number of aryl methyl sites for hydroxylation is 2. The van der Waals surface area contributed by atoms with Crippen molar-refractivity contribution in [2.24, 2.45) is 0 Å². The molecule has 0 heterocycles. The molecule has 194 valence electrons. The van der Waals surface area contributed by atoms with Crippen molar-refractivity contribution in [3.8, 4) is 56.4 Å². The summed E-state index contributed by atoms with van der Waals surface area (Å²) in [6.07, 6.45) is 8.21. The second kappa shape index (κ2) is 10.1. The molecule has 6 rings (SSSR count). The topological polar surface area (TPSA) is 58.9 Å². The van der Waals surface area contributed by atoms with Crippen molar-refractivity contribution in [1.82, 2.24) is 0 Å². The number of ether oxygens (including phenoxy) is 2. The first-order chi connectivity index (χ1) is 18.6. The smallest absolute Gasteiger partial charge is 0.131 e. The molecule has 0 aromatic heterocycles. The maximum atomic E-state index is 12.0. The summed E-state index contributed by atoms with van der Waals surface area (Å²) in [6.45, 7) is 0. The molecule has 38 heavy (non-hydrogen) atoms. The molecule has 0 unspecified atom stereocenters. The van der Waals surface area contributed by atoms with Gasteiger partial charge in [-0.05, 0) is 121 Å². The van der Waals surface area contributed by atoms with E-state index in [1.165, 1.54) is 22.3 Å². The van der Waals surface area contributed by atoms with Crippen LogP contribution < -0.4 is 9.47 Å². The number of benzene rings is 4. The number of hydrogen-bond acceptors (Lipinski definition) is 4. The zero-order chi connectivity index (χ0) is 26.2. The van der Waals surface area contributed by atoms with Crippen molar-refractivity contribution in [2.75, 3.05) is 14.2 Å². The van der Waals surface area contributed by atoms with Crippen LogP contribution in [0.15, 0.2) is 60.7 Å². The molecule has 4 nitrogen and oxygen atoms in total. The number of fused-ring (bicyclic) bond motifs is 2. The third-order valence-electron chi connectivity index (χ3n) is 8.30. The molecule has 0 bridgehead atoms. The third-order valence-corrected chi connectivity index (χ3v) is 8.30. The minimum absolute atomic E-state index is 0.255. The minimum Gasteiger partial charge on any atom is -0.507 e. The van der Waals surface area contributed by atoms with Gasteiger partial charge in [0, 0.05) is 22.3 Å². The van der Waals surface area contributed by atoms with Gasteiger partial charge in [-0.3, -0.25) is 0 Å². The van der Waals surface area contributed by atoms with Gasteiger partial charge in [-0.25, -0.2) is 0 Å². The van der Waals surface area contributed by atoms with Gasteiger partial charge in [0.15, 0.2) is 0 Å². The summed E-state index contributed by atoms with van der Waals surface area (Å²) in [5, 5.41) is 24.0. The molecule has 4 heteroatoms. The summed E-state index contributed by atoms with van der Waals surface area (Å²) in [6, 6.07) is 20.0. The molecule has 0 radical (unpaired) electrons. The lowest BCUT2D eigenvalue weighted by Gasteiger charge is -2.28. The fraction of sp³-hybridized carbons (Fsp3) is 0.294. The summed E-state index contributed by atoms with van der Waals surface area (Å²) in [5.41, 5.74) is 10.0. The molecule has 0 atom stereocenters. The van der Waals surface area contributed by atoms with E-state index in [1.54, 1.807) is 14.2 Å². The molecule has 4 aromatic rings. The molecular weight excluding hydrogens is 472 g/mol. The maximum absolute atomic E-state index is 12.0. The highest BCUT2D eigenvalue weighted by molar-refractivity contribution is 5.93. The molecular formula is C34H34O4. The van der Waals surface area contributed by atoms with E-state index in [1.807, 2.05) is 48.5 Å². The van der Waals surface area contributed by atoms with Crippen molar-refractivity contribution in [1.29, 1.82) is 0 Å². The Labute approximate surface area is 224 Å². The molecule has 0 amide bonds. The largest absolute Gasteiger partial charge is 0.507 e. The molecule has 4 aromatic carbocycles. The highest BCUT2D eigenvalue weighted by atomic mass is 16.5. The minimum atomic E-state index is 0.255. The number of phenolic OH excluding ortho intramolecular Hbond substituents is 2. The Morgan fingerprint density at radius 3 is 1.26 bits per heavy atom. The first kappa shape index (κ1) is 24.4. The quantitative estimate of drug-likeness (QED) is 0.289. The van der Waals surface area contributed by atoms with Crippen LogP contribution >= 0.6 is 0 Å². The summed E-state index contributed by atoms with van der Waals surface area (Å²) < 4.78 is 10.7. The van der Waals surface area contributed by atoms with Gasteiger partial charge in [0.05, 0.1) is 14.2 Å². The lowest BCUT2D eigenvalue weighted by atomic mass is 9.77. The number of hydrogen-bond donors (Lipinski definition) is 2. The number of aromatic hydroxyl groups is 2. The zero-order valence-electron chi connectivity index (χ0n) is 22.1. The average molecular weight is 507 g/mol.